The summed E-state index contributed by atoms with van der Waals surface area (Å²) in [5, 5.41) is 6.69. The highest BCUT2D eigenvalue weighted by atomic mass is 127. The molecule has 20 heavy (non-hydrogen) atoms. The Balaban J connectivity index is 0.00000361. The van der Waals surface area contributed by atoms with E-state index in [1.54, 1.807) is 0 Å². The molecule has 0 amide bonds. The molecule has 0 fully saturated rings. The Morgan fingerprint density at radius 2 is 1.95 bits per heavy atom. The van der Waals surface area contributed by atoms with E-state index < -0.39 is 0 Å². The molecule has 2 N–H and O–H groups in total. The number of thiophene rings is 1. The normalized spacial score (nSPS) is 11.3. The first-order valence-corrected chi connectivity index (χ1v) is 7.73. The van der Waals surface area contributed by atoms with E-state index in [2.05, 4.69) is 53.4 Å². The van der Waals surface area contributed by atoms with Crippen LogP contribution in [0.5, 0.6) is 0 Å². The van der Waals surface area contributed by atoms with Crippen molar-refractivity contribution in [3.8, 4) is 0 Å². The van der Waals surface area contributed by atoms with Gasteiger partial charge in [0, 0.05) is 29.9 Å². The minimum atomic E-state index is 0. The topological polar surface area (TPSA) is 39.7 Å². The molecule has 0 aliphatic rings. The zero-order valence-corrected chi connectivity index (χ0v) is 16.0. The maximum atomic E-state index is 4.24. The average molecular weight is 410 g/mol. The van der Waals surface area contributed by atoms with Crippen molar-refractivity contribution in [3.63, 3.8) is 0 Å². The molecular weight excluding hydrogens is 383 g/mol. The maximum absolute atomic E-state index is 4.24. The number of aliphatic imine (C=N–C) groups is 1. The highest BCUT2D eigenvalue weighted by Crippen LogP contribution is 2.14. The molecule has 4 nitrogen and oxygen atoms in total. The highest BCUT2D eigenvalue weighted by Gasteiger charge is 2.02. The molecule has 0 unspecified atom stereocenters. The van der Waals surface area contributed by atoms with Crippen molar-refractivity contribution in [1.82, 2.24) is 15.5 Å². The minimum absolute atomic E-state index is 0. The lowest BCUT2D eigenvalue weighted by Crippen LogP contribution is -2.41. The Morgan fingerprint density at radius 1 is 1.25 bits per heavy atom. The number of guanidine groups is 1. The van der Waals surface area contributed by atoms with Gasteiger partial charge < -0.3 is 15.5 Å². The third-order valence-corrected chi connectivity index (χ3v) is 4.07. The van der Waals surface area contributed by atoms with E-state index in [0.717, 1.165) is 38.7 Å². The molecule has 0 aromatic carbocycles. The Kier molecular flexibility index (Phi) is 11.1. The quantitative estimate of drug-likeness (QED) is 0.413. The molecule has 6 heteroatoms. The van der Waals surface area contributed by atoms with E-state index in [9.17, 15) is 0 Å². The molecule has 0 spiro atoms. The van der Waals surface area contributed by atoms with Crippen LogP contribution in [-0.2, 0) is 6.54 Å². The van der Waals surface area contributed by atoms with Crippen molar-refractivity contribution in [2.24, 2.45) is 4.99 Å². The number of rotatable bonds is 7. The maximum Gasteiger partial charge on any atom is 0.191 e. The summed E-state index contributed by atoms with van der Waals surface area (Å²) in [4.78, 5) is 9.32. The zero-order chi connectivity index (χ0) is 14.1. The molecule has 116 valence electrons. The van der Waals surface area contributed by atoms with E-state index in [1.807, 2.05) is 18.4 Å². The second kappa shape index (κ2) is 11.3. The fraction of sp³-hybridized carbons (Fsp3) is 0.643. The number of likely N-dealkylation sites (N-methyl/N-ethyl adjacent to an activating group) is 1. The van der Waals surface area contributed by atoms with Gasteiger partial charge in [0.1, 0.15) is 0 Å². The average Bonchev–Trinajstić information content (AvgIpc) is 2.84. The third kappa shape index (κ3) is 7.44. The van der Waals surface area contributed by atoms with Crippen molar-refractivity contribution in [2.45, 2.75) is 27.3 Å². The van der Waals surface area contributed by atoms with Crippen molar-refractivity contribution >= 4 is 41.3 Å². The van der Waals surface area contributed by atoms with Crippen molar-refractivity contribution < 1.29 is 0 Å². The molecule has 0 atom stereocenters. The first-order valence-electron chi connectivity index (χ1n) is 6.91. The van der Waals surface area contributed by atoms with Crippen LogP contribution in [0, 0.1) is 6.92 Å². The summed E-state index contributed by atoms with van der Waals surface area (Å²) >= 11 is 1.82. The van der Waals surface area contributed by atoms with Gasteiger partial charge in [-0.3, -0.25) is 4.99 Å². The number of hydrogen-bond donors (Lipinski definition) is 2. The summed E-state index contributed by atoms with van der Waals surface area (Å²) in [7, 11) is 1.81. The summed E-state index contributed by atoms with van der Waals surface area (Å²) in [5.74, 6) is 0.873. The second-order valence-electron chi connectivity index (χ2n) is 4.39. The lowest BCUT2D eigenvalue weighted by molar-refractivity contribution is 0.308. The van der Waals surface area contributed by atoms with Crippen LogP contribution in [0.3, 0.4) is 0 Å². The van der Waals surface area contributed by atoms with E-state index in [0.29, 0.717) is 0 Å². The predicted molar refractivity (Wildman–Crippen MR) is 100 cm³/mol. The van der Waals surface area contributed by atoms with Gasteiger partial charge >= 0.3 is 0 Å². The lowest BCUT2D eigenvalue weighted by Gasteiger charge is -2.19. The summed E-state index contributed by atoms with van der Waals surface area (Å²) in [6.07, 6.45) is 0. The molecule has 1 heterocycles. The fourth-order valence-electron chi connectivity index (χ4n) is 1.84. The smallest absolute Gasteiger partial charge is 0.191 e. The zero-order valence-electron chi connectivity index (χ0n) is 12.9. The predicted octanol–water partition coefficient (Wildman–Crippen LogP) is 2.68. The van der Waals surface area contributed by atoms with E-state index >= 15 is 0 Å². The van der Waals surface area contributed by atoms with Crippen LogP contribution in [0.25, 0.3) is 0 Å². The van der Waals surface area contributed by atoms with Crippen LogP contribution < -0.4 is 10.6 Å². The van der Waals surface area contributed by atoms with Gasteiger partial charge in [0.25, 0.3) is 0 Å². The lowest BCUT2D eigenvalue weighted by atomic mass is 10.4. The Labute approximate surface area is 144 Å². The number of aryl methyl sites for hydroxylation is 1. The molecule has 0 bridgehead atoms. The van der Waals surface area contributed by atoms with E-state index in [-0.39, 0.29) is 24.0 Å². The summed E-state index contributed by atoms with van der Waals surface area (Å²) in [5.41, 5.74) is 0. The highest BCUT2D eigenvalue weighted by molar-refractivity contribution is 14.0. The van der Waals surface area contributed by atoms with Gasteiger partial charge in [-0.2, -0.15) is 0 Å². The third-order valence-electron chi connectivity index (χ3n) is 3.06. The van der Waals surface area contributed by atoms with Gasteiger partial charge in [0.2, 0.25) is 0 Å². The van der Waals surface area contributed by atoms with E-state index in [4.69, 9.17) is 0 Å². The van der Waals surface area contributed by atoms with Crippen molar-refractivity contribution in [1.29, 1.82) is 0 Å². The Morgan fingerprint density at radius 3 is 2.45 bits per heavy atom. The second-order valence-corrected chi connectivity index (χ2v) is 5.76. The SMILES string of the molecule is CCN(CC)CCNC(=NC)NCc1ccc(C)s1.I. The van der Waals surface area contributed by atoms with Gasteiger partial charge in [-0.1, -0.05) is 13.8 Å². The standard InChI is InChI=1S/C14H26N4S.HI/c1-5-18(6-2)10-9-16-14(15-4)17-11-13-8-7-12(3)19-13;/h7-8H,5-6,9-11H2,1-4H3,(H2,15,16,17);1H. The number of nitrogens with zero attached hydrogens (tertiary/aromatic N) is 2. The fourth-order valence-corrected chi connectivity index (χ4v) is 2.67. The molecule has 0 saturated carbocycles. The first-order chi connectivity index (χ1) is 9.19. The number of hydrogen-bond acceptors (Lipinski definition) is 3. The molecule has 0 aliphatic heterocycles. The van der Waals surface area contributed by atoms with Crippen LogP contribution in [0.4, 0.5) is 0 Å². The molecule has 1 aromatic rings. The number of nitrogens with one attached hydrogen (secondary N) is 2. The van der Waals surface area contributed by atoms with Crippen LogP contribution in [-0.4, -0.2) is 44.1 Å². The summed E-state index contributed by atoms with van der Waals surface area (Å²) in [6, 6.07) is 4.31. The first kappa shape index (κ1) is 19.7. The van der Waals surface area contributed by atoms with Gasteiger partial charge in [-0.05, 0) is 32.1 Å². The molecule has 0 radical (unpaired) electrons. The Bertz CT molecular complexity index is 388. The van der Waals surface area contributed by atoms with Gasteiger partial charge in [0.15, 0.2) is 5.96 Å². The van der Waals surface area contributed by atoms with Crippen LogP contribution in [0.1, 0.15) is 23.6 Å². The summed E-state index contributed by atoms with van der Waals surface area (Å²) in [6.45, 7) is 11.5. The molecular formula is C14H27IN4S. The van der Waals surface area contributed by atoms with Gasteiger partial charge in [-0.15, -0.1) is 35.3 Å². The van der Waals surface area contributed by atoms with Gasteiger partial charge in [0.05, 0.1) is 6.54 Å². The van der Waals surface area contributed by atoms with Crippen molar-refractivity contribution in [2.75, 3.05) is 33.2 Å². The van der Waals surface area contributed by atoms with Gasteiger partial charge in [-0.25, -0.2) is 0 Å². The molecule has 0 aliphatic carbocycles. The summed E-state index contributed by atoms with van der Waals surface area (Å²) < 4.78 is 0. The minimum Gasteiger partial charge on any atom is -0.355 e. The largest absolute Gasteiger partial charge is 0.355 e. The monoisotopic (exact) mass is 410 g/mol. The van der Waals surface area contributed by atoms with Crippen LogP contribution in [0.15, 0.2) is 17.1 Å². The van der Waals surface area contributed by atoms with Crippen LogP contribution >= 0.6 is 35.3 Å². The number of halogens is 1. The molecule has 1 rings (SSSR count). The van der Waals surface area contributed by atoms with E-state index in [1.165, 1.54) is 9.75 Å². The Hall–Kier alpha value is -0.340. The van der Waals surface area contributed by atoms with Crippen molar-refractivity contribution in [3.05, 3.63) is 21.9 Å². The molecule has 1 aromatic heterocycles. The van der Waals surface area contributed by atoms with Crippen LogP contribution in [0.2, 0.25) is 0 Å². The molecule has 0 saturated heterocycles.